The molecule has 1 aliphatic heterocycles. The van der Waals surface area contributed by atoms with Crippen LogP contribution in [0.2, 0.25) is 0 Å². The van der Waals surface area contributed by atoms with Crippen molar-refractivity contribution < 1.29 is 19.7 Å². The fourth-order valence-electron chi connectivity index (χ4n) is 6.63. The molecule has 1 aromatic carbocycles. The first kappa shape index (κ1) is 28.4. The molecular weight excluding hydrogens is 462 g/mol. The summed E-state index contributed by atoms with van der Waals surface area (Å²) in [4.78, 5) is 2.71. The minimum absolute atomic E-state index is 0.146. The van der Waals surface area contributed by atoms with E-state index in [0.29, 0.717) is 11.8 Å². The molecule has 1 aromatic rings. The van der Waals surface area contributed by atoms with E-state index < -0.39 is 17.3 Å². The smallest absolute Gasteiger partial charge is 0.161 e. The van der Waals surface area contributed by atoms with Gasteiger partial charge in [-0.2, -0.15) is 0 Å². The van der Waals surface area contributed by atoms with Gasteiger partial charge in [0.15, 0.2) is 11.5 Å². The molecule has 2 N–H and O–H groups in total. The molecule has 0 unspecified atom stereocenters. The minimum atomic E-state index is -0.974. The Bertz CT molecular complexity index is 947. The van der Waals surface area contributed by atoms with Gasteiger partial charge in [0.05, 0.1) is 5.60 Å². The van der Waals surface area contributed by atoms with Crippen LogP contribution in [0.4, 0.5) is 0 Å². The number of likely N-dealkylation sites (tertiary alicyclic amines) is 1. The monoisotopic (exact) mass is 513 g/mol. The molecule has 0 spiro atoms. The summed E-state index contributed by atoms with van der Waals surface area (Å²) in [6.45, 7) is 14.9. The Balaban J connectivity index is 1.55. The molecule has 37 heavy (non-hydrogen) atoms. The maximum atomic E-state index is 11.7. The Hall–Kier alpha value is -1.56. The summed E-state index contributed by atoms with van der Waals surface area (Å²) in [5.74, 6) is 2.12. The number of benzene rings is 1. The molecule has 1 saturated carbocycles. The molecule has 208 valence electrons. The number of phenols is 1. The predicted molar refractivity (Wildman–Crippen MR) is 150 cm³/mol. The molecule has 2 aliphatic carbocycles. The number of ether oxygens (including phenoxy) is 2. The molecule has 0 bridgehead atoms. The first-order chi connectivity index (χ1) is 17.4. The maximum Gasteiger partial charge on any atom is 0.161 e. The van der Waals surface area contributed by atoms with Crippen LogP contribution < -0.4 is 4.74 Å². The van der Waals surface area contributed by atoms with Crippen molar-refractivity contribution in [3.8, 4) is 11.5 Å². The maximum absolute atomic E-state index is 11.7. The Morgan fingerprint density at radius 1 is 1.14 bits per heavy atom. The zero-order valence-electron chi connectivity index (χ0n) is 24.3. The molecular formula is C32H51NO4. The van der Waals surface area contributed by atoms with Crippen LogP contribution in [-0.4, -0.2) is 58.7 Å². The van der Waals surface area contributed by atoms with Crippen molar-refractivity contribution in [1.29, 1.82) is 0 Å². The number of allylic oxidation sites excluding steroid dienone is 1. The van der Waals surface area contributed by atoms with Gasteiger partial charge in [0, 0.05) is 25.6 Å². The third-order valence-electron chi connectivity index (χ3n) is 9.82. The van der Waals surface area contributed by atoms with E-state index in [1.54, 1.807) is 13.2 Å². The lowest BCUT2D eigenvalue weighted by Crippen LogP contribution is -2.62. The molecule has 5 heteroatoms. The van der Waals surface area contributed by atoms with E-state index in [-0.39, 0.29) is 17.1 Å². The molecule has 3 aliphatic rings. The third kappa shape index (κ3) is 6.04. The summed E-state index contributed by atoms with van der Waals surface area (Å²) >= 11 is 0. The molecule has 1 heterocycles. The highest BCUT2D eigenvalue weighted by molar-refractivity contribution is 5.42. The van der Waals surface area contributed by atoms with Crippen molar-refractivity contribution in [3.63, 3.8) is 0 Å². The normalized spacial score (nSPS) is 31.6. The summed E-state index contributed by atoms with van der Waals surface area (Å²) in [5, 5.41) is 22.5. The second kappa shape index (κ2) is 10.9. The van der Waals surface area contributed by atoms with Gasteiger partial charge in [0.2, 0.25) is 0 Å². The molecule has 2 fully saturated rings. The topological polar surface area (TPSA) is 62.2 Å². The molecule has 1 saturated heterocycles. The van der Waals surface area contributed by atoms with Crippen LogP contribution in [0, 0.1) is 23.2 Å². The Labute approximate surface area is 225 Å². The van der Waals surface area contributed by atoms with Gasteiger partial charge in [-0.25, -0.2) is 0 Å². The van der Waals surface area contributed by atoms with Crippen molar-refractivity contribution in [3.05, 3.63) is 35.9 Å². The first-order valence-electron chi connectivity index (χ1n) is 14.5. The molecule has 6 atom stereocenters. The van der Waals surface area contributed by atoms with E-state index in [0.717, 1.165) is 31.1 Å². The van der Waals surface area contributed by atoms with Crippen molar-refractivity contribution in [2.75, 3.05) is 20.2 Å². The lowest BCUT2D eigenvalue weighted by Gasteiger charge is -2.53. The molecule has 0 amide bonds. The average molecular weight is 514 g/mol. The summed E-state index contributed by atoms with van der Waals surface area (Å²) in [5.41, 5.74) is -0.920. The van der Waals surface area contributed by atoms with Gasteiger partial charge in [-0.15, -0.1) is 0 Å². The van der Waals surface area contributed by atoms with Gasteiger partial charge in [0.25, 0.3) is 0 Å². The Kier molecular flexibility index (Phi) is 8.38. The van der Waals surface area contributed by atoms with Gasteiger partial charge in [-0.05, 0) is 100 Å². The van der Waals surface area contributed by atoms with E-state index in [2.05, 4.69) is 44.7 Å². The summed E-state index contributed by atoms with van der Waals surface area (Å²) in [6.07, 6.45) is 11.8. The van der Waals surface area contributed by atoms with Gasteiger partial charge < -0.3 is 19.7 Å². The van der Waals surface area contributed by atoms with E-state index >= 15 is 0 Å². The third-order valence-corrected chi connectivity index (χ3v) is 9.82. The lowest BCUT2D eigenvalue weighted by atomic mass is 9.60. The fourth-order valence-corrected chi connectivity index (χ4v) is 6.63. The number of methoxy groups -OCH3 is 1. The van der Waals surface area contributed by atoms with Crippen LogP contribution in [0.15, 0.2) is 30.4 Å². The molecule has 0 aromatic heterocycles. The van der Waals surface area contributed by atoms with Crippen LogP contribution in [0.5, 0.6) is 11.5 Å². The van der Waals surface area contributed by atoms with Gasteiger partial charge >= 0.3 is 0 Å². The zero-order chi connectivity index (χ0) is 27.0. The van der Waals surface area contributed by atoms with E-state index in [9.17, 15) is 10.2 Å². The second-order valence-corrected chi connectivity index (χ2v) is 13.5. The van der Waals surface area contributed by atoms with Crippen molar-refractivity contribution in [2.24, 2.45) is 23.2 Å². The summed E-state index contributed by atoms with van der Waals surface area (Å²) in [7, 11) is 1.70. The van der Waals surface area contributed by atoms with Crippen LogP contribution in [-0.2, 0) is 11.2 Å². The van der Waals surface area contributed by atoms with Crippen molar-refractivity contribution in [1.82, 2.24) is 4.90 Å². The van der Waals surface area contributed by atoms with Crippen LogP contribution >= 0.6 is 0 Å². The number of piperidine rings is 1. The van der Waals surface area contributed by atoms with Gasteiger partial charge in [0.1, 0.15) is 11.7 Å². The predicted octanol–water partition coefficient (Wildman–Crippen LogP) is 6.36. The fraction of sp³-hybridized carbons (Fsp3) is 0.750. The molecule has 0 radical (unpaired) electrons. The average Bonchev–Trinajstić information content (AvgIpc) is 3.66. The van der Waals surface area contributed by atoms with E-state index in [1.807, 2.05) is 26.0 Å². The number of rotatable bonds is 9. The lowest BCUT2D eigenvalue weighted by molar-refractivity contribution is -0.187. The number of phenolic OH excluding ortho intramolecular Hbond substituents is 1. The number of nitrogens with zero attached hydrogens (tertiary/aromatic N) is 1. The minimum Gasteiger partial charge on any atom is -0.504 e. The van der Waals surface area contributed by atoms with Crippen molar-refractivity contribution >= 4 is 0 Å². The molecule has 4 rings (SSSR count). The Morgan fingerprint density at radius 2 is 1.86 bits per heavy atom. The van der Waals surface area contributed by atoms with Crippen molar-refractivity contribution in [2.45, 2.75) is 110 Å². The second-order valence-electron chi connectivity index (χ2n) is 13.5. The SMILES string of the molecule is CO[C@]1([C@@H](C)Oc2cc(C[C@@H]3C[C@H](C)CCN3CC3CC3)ccc2O)C=CCC[C@@H]1[C@](C)(O)C(C)(C)C. The summed E-state index contributed by atoms with van der Waals surface area (Å²) < 4.78 is 12.7. The summed E-state index contributed by atoms with van der Waals surface area (Å²) in [6, 6.07) is 6.37. The van der Waals surface area contributed by atoms with Gasteiger partial charge in [-0.3, -0.25) is 4.90 Å². The highest BCUT2D eigenvalue weighted by atomic mass is 16.5. The van der Waals surface area contributed by atoms with Crippen LogP contribution in [0.25, 0.3) is 0 Å². The van der Waals surface area contributed by atoms with Crippen LogP contribution in [0.1, 0.15) is 85.6 Å². The number of hydrogen-bond acceptors (Lipinski definition) is 5. The number of aliphatic hydroxyl groups is 1. The van der Waals surface area contributed by atoms with E-state index in [4.69, 9.17) is 9.47 Å². The van der Waals surface area contributed by atoms with Crippen LogP contribution in [0.3, 0.4) is 0 Å². The number of hydrogen-bond donors (Lipinski definition) is 2. The largest absolute Gasteiger partial charge is 0.504 e. The Morgan fingerprint density at radius 3 is 2.51 bits per heavy atom. The zero-order valence-corrected chi connectivity index (χ0v) is 24.3. The number of aromatic hydroxyl groups is 1. The highest BCUT2D eigenvalue weighted by Crippen LogP contribution is 2.49. The first-order valence-corrected chi connectivity index (χ1v) is 14.5. The quantitative estimate of drug-likeness (QED) is 0.376. The highest BCUT2D eigenvalue weighted by Gasteiger charge is 2.56. The van der Waals surface area contributed by atoms with Gasteiger partial charge in [-0.1, -0.05) is 45.9 Å². The van der Waals surface area contributed by atoms with E-state index in [1.165, 1.54) is 44.3 Å². The molecule has 5 nitrogen and oxygen atoms in total. The standard InChI is InChI=1S/C32H51NO4/c1-22-15-17-33(21-24-11-12-24)26(18-22)19-25-13-14-27(34)28(20-25)37-23(2)32(36-7)16-9-8-10-29(32)31(6,35)30(3,4)5/h9,13-14,16,20,22-24,26,29,34-35H,8,10-12,15,17-19,21H2,1-7H3/t22-,23-,26+,29-,31+,32+/m1/s1.